The molecule has 1 aromatic carbocycles. The van der Waals surface area contributed by atoms with E-state index in [9.17, 15) is 23.1 Å². The van der Waals surface area contributed by atoms with Crippen molar-refractivity contribution >= 4 is 27.6 Å². The summed E-state index contributed by atoms with van der Waals surface area (Å²) in [6.45, 7) is 4.36. The first-order valence-electron chi connectivity index (χ1n) is 14.2. The van der Waals surface area contributed by atoms with Gasteiger partial charge in [-0.15, -0.1) is 0 Å². The van der Waals surface area contributed by atoms with Gasteiger partial charge in [-0.25, -0.2) is 12.7 Å². The number of carbonyl (C=O) groups is 2. The largest absolute Gasteiger partial charge is 0.493 e. The van der Waals surface area contributed by atoms with Crippen LogP contribution >= 0.6 is 0 Å². The highest BCUT2D eigenvalue weighted by Crippen LogP contribution is 2.41. The van der Waals surface area contributed by atoms with Gasteiger partial charge < -0.3 is 14.7 Å². The second kappa shape index (κ2) is 12.2. The first-order chi connectivity index (χ1) is 19.3. The van der Waals surface area contributed by atoms with Gasteiger partial charge >= 0.3 is 5.97 Å². The van der Waals surface area contributed by atoms with Crippen molar-refractivity contribution in [1.82, 2.24) is 14.2 Å². The lowest BCUT2D eigenvalue weighted by atomic mass is 9.83. The van der Waals surface area contributed by atoms with Crippen LogP contribution in [0.2, 0.25) is 0 Å². The van der Waals surface area contributed by atoms with E-state index >= 15 is 0 Å². The van der Waals surface area contributed by atoms with Gasteiger partial charge in [0.15, 0.2) is 0 Å². The van der Waals surface area contributed by atoms with Crippen molar-refractivity contribution < 1.29 is 27.9 Å². The average Bonchev–Trinajstić information content (AvgIpc) is 3.64. The SMILES string of the molecule is CCCCN(C(=O)CN1C[C@H](c2ccc3c(c2)CCO3)C(C(=O)O)[C@@H]1CCN1CCCS1(=O)=O)c1cccnc1. The number of rotatable bonds is 11. The molecule has 3 atom stereocenters. The number of aromatic nitrogens is 1. The van der Waals surface area contributed by atoms with Crippen molar-refractivity contribution in [2.24, 2.45) is 5.92 Å². The number of hydrogen-bond acceptors (Lipinski definition) is 7. The molecule has 10 nitrogen and oxygen atoms in total. The zero-order valence-corrected chi connectivity index (χ0v) is 23.8. The molecule has 1 unspecified atom stereocenters. The number of sulfonamides is 1. The number of carboxylic acids is 1. The number of nitrogens with zero attached hydrogens (tertiary/aromatic N) is 4. The number of benzene rings is 1. The molecule has 216 valence electrons. The number of unbranched alkanes of at least 4 members (excludes halogenated alkanes) is 1. The van der Waals surface area contributed by atoms with Crippen molar-refractivity contribution in [2.75, 3.05) is 50.0 Å². The zero-order chi connectivity index (χ0) is 28.3. The molecule has 5 rings (SSSR count). The lowest BCUT2D eigenvalue weighted by Crippen LogP contribution is -2.45. The Labute approximate surface area is 236 Å². The van der Waals surface area contributed by atoms with Gasteiger partial charge in [-0.3, -0.25) is 19.5 Å². The average molecular weight is 571 g/mol. The highest BCUT2D eigenvalue weighted by atomic mass is 32.2. The fourth-order valence-corrected chi connectivity index (χ4v) is 7.88. The van der Waals surface area contributed by atoms with Crippen LogP contribution in [0.3, 0.4) is 0 Å². The van der Waals surface area contributed by atoms with Crippen LogP contribution < -0.4 is 9.64 Å². The van der Waals surface area contributed by atoms with Crippen molar-refractivity contribution in [3.63, 3.8) is 0 Å². The van der Waals surface area contributed by atoms with Crippen molar-refractivity contribution in [2.45, 2.75) is 51.0 Å². The molecule has 3 aliphatic heterocycles. The maximum atomic E-state index is 13.8. The van der Waals surface area contributed by atoms with Crippen LogP contribution in [0.1, 0.15) is 49.7 Å². The Morgan fingerprint density at radius 2 is 2.10 bits per heavy atom. The van der Waals surface area contributed by atoms with E-state index in [0.29, 0.717) is 44.8 Å². The maximum absolute atomic E-state index is 13.8. The molecule has 1 amide bonds. The summed E-state index contributed by atoms with van der Waals surface area (Å²) in [6, 6.07) is 9.04. The van der Waals surface area contributed by atoms with E-state index in [-0.39, 0.29) is 30.7 Å². The molecular formula is C29H38N4O6S. The third kappa shape index (κ3) is 6.01. The Kier molecular flexibility index (Phi) is 8.72. The van der Waals surface area contributed by atoms with Crippen molar-refractivity contribution in [3.8, 4) is 5.75 Å². The van der Waals surface area contributed by atoms with Crippen molar-refractivity contribution in [3.05, 3.63) is 53.9 Å². The quantitative estimate of drug-likeness (QED) is 0.438. The van der Waals surface area contributed by atoms with E-state index in [1.54, 1.807) is 23.4 Å². The number of amides is 1. The Morgan fingerprint density at radius 3 is 2.80 bits per heavy atom. The van der Waals surface area contributed by atoms with E-state index in [4.69, 9.17) is 4.74 Å². The second-order valence-electron chi connectivity index (χ2n) is 10.9. The fraction of sp³-hybridized carbons (Fsp3) is 0.552. The molecule has 0 radical (unpaired) electrons. The molecule has 3 aliphatic rings. The Hall–Kier alpha value is -3.02. The number of fused-ring (bicyclic) bond motifs is 1. The summed E-state index contributed by atoms with van der Waals surface area (Å²) in [4.78, 5) is 34.5. The van der Waals surface area contributed by atoms with Gasteiger partial charge in [0.2, 0.25) is 15.9 Å². The Bertz CT molecular complexity index is 1320. The van der Waals surface area contributed by atoms with Crippen molar-refractivity contribution in [1.29, 1.82) is 0 Å². The van der Waals surface area contributed by atoms with E-state index in [1.807, 2.05) is 29.2 Å². The number of likely N-dealkylation sites (tertiary alicyclic amines) is 1. The second-order valence-corrected chi connectivity index (χ2v) is 13.0. The highest BCUT2D eigenvalue weighted by molar-refractivity contribution is 7.89. The predicted octanol–water partition coefficient (Wildman–Crippen LogP) is 2.74. The smallest absolute Gasteiger partial charge is 0.308 e. The summed E-state index contributed by atoms with van der Waals surface area (Å²) in [7, 11) is -3.32. The number of pyridine rings is 1. The summed E-state index contributed by atoms with van der Waals surface area (Å²) >= 11 is 0. The van der Waals surface area contributed by atoms with Gasteiger partial charge in [0.25, 0.3) is 0 Å². The maximum Gasteiger partial charge on any atom is 0.308 e. The minimum atomic E-state index is -3.32. The van der Waals surface area contributed by atoms with Gasteiger partial charge in [-0.1, -0.05) is 25.5 Å². The van der Waals surface area contributed by atoms with Gasteiger partial charge in [-0.2, -0.15) is 0 Å². The molecule has 0 aliphatic carbocycles. The summed E-state index contributed by atoms with van der Waals surface area (Å²) in [5, 5.41) is 10.5. The van der Waals surface area contributed by atoms with Gasteiger partial charge in [-0.05, 0) is 48.6 Å². The van der Waals surface area contributed by atoms with E-state index in [2.05, 4.69) is 11.9 Å². The van der Waals surface area contributed by atoms with Gasteiger partial charge in [0.1, 0.15) is 5.75 Å². The van der Waals surface area contributed by atoms with Crippen LogP contribution in [-0.4, -0.2) is 90.7 Å². The molecule has 4 heterocycles. The topological polar surface area (TPSA) is 120 Å². The first-order valence-corrected chi connectivity index (χ1v) is 15.8. The van der Waals surface area contributed by atoms with Crippen LogP contribution in [0.5, 0.6) is 5.75 Å². The van der Waals surface area contributed by atoms with Crippen LogP contribution in [0.15, 0.2) is 42.7 Å². The molecule has 2 saturated heterocycles. The number of anilines is 1. The molecule has 1 aromatic heterocycles. The summed E-state index contributed by atoms with van der Waals surface area (Å²) in [6.07, 6.45) is 6.79. The normalized spacial score (nSPS) is 24.1. The predicted molar refractivity (Wildman–Crippen MR) is 151 cm³/mol. The third-order valence-corrected chi connectivity index (χ3v) is 10.3. The van der Waals surface area contributed by atoms with Gasteiger partial charge in [0.05, 0.1) is 36.7 Å². The molecule has 0 bridgehead atoms. The molecule has 2 fully saturated rings. The number of aliphatic carboxylic acids is 1. The Balaban J connectivity index is 1.43. The summed E-state index contributed by atoms with van der Waals surface area (Å²) in [5.41, 5.74) is 2.70. The van der Waals surface area contributed by atoms with Crippen LogP contribution in [-0.2, 0) is 26.0 Å². The van der Waals surface area contributed by atoms with Gasteiger partial charge in [0, 0.05) is 50.8 Å². The highest BCUT2D eigenvalue weighted by Gasteiger charge is 2.47. The lowest BCUT2D eigenvalue weighted by molar-refractivity contribution is -0.143. The molecule has 0 spiro atoms. The molecule has 2 aromatic rings. The minimum Gasteiger partial charge on any atom is -0.493 e. The standard InChI is InChI=1S/C29H38N4O6S/c1-2-3-13-33(23-6-4-11-30-18-23)27(34)20-31-19-24(21-7-8-26-22(17-21)10-15-39-26)28(29(35)36)25(31)9-14-32-12-5-16-40(32,37)38/h4,6-8,11,17-18,24-25,28H,2-3,5,9-10,12-16,19-20H2,1H3,(H,35,36)/t24-,25+,28?/m1/s1. The minimum absolute atomic E-state index is 0.0460. The molecule has 0 saturated carbocycles. The monoisotopic (exact) mass is 570 g/mol. The van der Waals surface area contributed by atoms with E-state index < -0.39 is 28.0 Å². The number of hydrogen-bond donors (Lipinski definition) is 1. The molecule has 40 heavy (non-hydrogen) atoms. The lowest BCUT2D eigenvalue weighted by Gasteiger charge is -2.30. The first kappa shape index (κ1) is 28.5. The third-order valence-electron chi connectivity index (χ3n) is 8.38. The summed E-state index contributed by atoms with van der Waals surface area (Å²) < 4.78 is 32.1. The zero-order valence-electron chi connectivity index (χ0n) is 22.9. The van der Waals surface area contributed by atoms with E-state index in [0.717, 1.165) is 36.1 Å². The number of ether oxygens (including phenoxy) is 1. The van der Waals surface area contributed by atoms with Crippen LogP contribution in [0, 0.1) is 5.92 Å². The molecule has 11 heteroatoms. The molecule has 1 N–H and O–H groups in total. The number of carboxylic acid groups (broad SMARTS) is 1. The van der Waals surface area contributed by atoms with E-state index in [1.165, 1.54) is 4.31 Å². The van der Waals surface area contributed by atoms with Crippen LogP contribution in [0.25, 0.3) is 0 Å². The molecular weight excluding hydrogens is 532 g/mol. The summed E-state index contributed by atoms with van der Waals surface area (Å²) in [5.74, 6) is -1.20. The fourth-order valence-electron chi connectivity index (χ4n) is 6.33. The number of carbonyl (C=O) groups excluding carboxylic acids is 1. The van der Waals surface area contributed by atoms with Crippen LogP contribution in [0.4, 0.5) is 5.69 Å². The Morgan fingerprint density at radius 1 is 1.25 bits per heavy atom.